The van der Waals surface area contributed by atoms with Crippen LogP contribution in [0.1, 0.15) is 38.8 Å². The number of amides is 2. The van der Waals surface area contributed by atoms with Crippen LogP contribution >= 0.6 is 0 Å². The molecule has 0 unspecified atom stereocenters. The van der Waals surface area contributed by atoms with E-state index in [0.29, 0.717) is 51.6 Å². The lowest BCUT2D eigenvalue weighted by molar-refractivity contribution is 0.0658. The molecular weight excluding hydrogens is 611 g/mol. The smallest absolute Gasteiger partial charge is 0.265 e. The minimum atomic E-state index is -0.607. The number of halogens is 1. The Morgan fingerprint density at radius 1 is 0.875 bits per heavy atom. The van der Waals surface area contributed by atoms with E-state index in [1.54, 1.807) is 30.3 Å². The average molecular weight is 641 g/mol. The second kappa shape index (κ2) is 11.6. The fourth-order valence-electron chi connectivity index (χ4n) is 6.60. The van der Waals surface area contributed by atoms with Crippen molar-refractivity contribution in [1.29, 1.82) is 0 Å². The highest BCUT2D eigenvalue weighted by Gasteiger charge is 2.32. The summed E-state index contributed by atoms with van der Waals surface area (Å²) in [4.78, 5) is 36.3. The molecule has 0 bridgehead atoms. The Hall–Kier alpha value is -6.16. The van der Waals surface area contributed by atoms with Crippen LogP contribution in [0.15, 0.2) is 110 Å². The molecule has 2 aliphatic rings. The fourth-order valence-corrected chi connectivity index (χ4v) is 6.60. The standard InChI is InChI=1S/C38H29FN4O5/c1-23-14-24-6-2-3-7-25(24)21-42(23)37(45)31-18-36-35(47-22-48-36)17-30(31)34-16-32(33-8-4-5-13-41(33)34)38(46)43(27-9-11-29(44)12-10-27)28-15-26(39)19-40-20-28/h2-13,15-20,23,44H,14,21-22H2,1H3/t23-/m1/s1. The maximum Gasteiger partial charge on any atom is 0.265 e. The van der Waals surface area contributed by atoms with E-state index < -0.39 is 11.7 Å². The zero-order chi connectivity index (χ0) is 32.9. The van der Waals surface area contributed by atoms with Crippen molar-refractivity contribution < 1.29 is 28.6 Å². The first-order valence-corrected chi connectivity index (χ1v) is 15.5. The third-order valence-electron chi connectivity index (χ3n) is 8.95. The van der Waals surface area contributed by atoms with Crippen molar-refractivity contribution in [2.24, 2.45) is 0 Å². The van der Waals surface area contributed by atoms with E-state index in [1.165, 1.54) is 34.9 Å². The van der Waals surface area contributed by atoms with Crippen LogP contribution in [-0.4, -0.2) is 44.0 Å². The van der Waals surface area contributed by atoms with Crippen LogP contribution in [-0.2, 0) is 13.0 Å². The number of nitrogens with zero attached hydrogens (tertiary/aromatic N) is 4. The number of aromatic hydroxyl groups is 1. The van der Waals surface area contributed by atoms with E-state index in [9.17, 15) is 19.1 Å². The van der Waals surface area contributed by atoms with Crippen molar-refractivity contribution in [2.75, 3.05) is 11.7 Å². The topological polar surface area (TPSA) is 96.6 Å². The summed E-state index contributed by atoms with van der Waals surface area (Å²) in [6.45, 7) is 2.54. The number of benzene rings is 3. The van der Waals surface area contributed by atoms with Crippen LogP contribution in [0, 0.1) is 5.82 Å². The van der Waals surface area contributed by atoms with Gasteiger partial charge in [-0.05, 0) is 79.1 Å². The van der Waals surface area contributed by atoms with E-state index in [4.69, 9.17) is 9.47 Å². The first-order chi connectivity index (χ1) is 23.4. The maximum absolute atomic E-state index is 14.6. The minimum Gasteiger partial charge on any atom is -0.508 e. The second-order valence-corrected chi connectivity index (χ2v) is 11.9. The molecule has 0 saturated heterocycles. The van der Waals surface area contributed by atoms with Crippen LogP contribution in [0.4, 0.5) is 15.8 Å². The quantitative estimate of drug-likeness (QED) is 0.215. The van der Waals surface area contributed by atoms with Gasteiger partial charge in [0.2, 0.25) is 6.79 Å². The molecular formula is C38H29FN4O5. The molecule has 1 N–H and O–H groups in total. The van der Waals surface area contributed by atoms with Gasteiger partial charge in [0, 0.05) is 36.1 Å². The summed E-state index contributed by atoms with van der Waals surface area (Å²) < 4.78 is 27.8. The number of hydrogen-bond acceptors (Lipinski definition) is 6. The first kappa shape index (κ1) is 29.3. The minimum absolute atomic E-state index is 0.0200. The van der Waals surface area contributed by atoms with Gasteiger partial charge in [-0.2, -0.15) is 0 Å². The average Bonchev–Trinajstić information content (AvgIpc) is 3.73. The predicted octanol–water partition coefficient (Wildman–Crippen LogP) is 7.14. The fraction of sp³-hybridized carbons (Fsp3) is 0.132. The Morgan fingerprint density at radius 3 is 2.42 bits per heavy atom. The summed E-state index contributed by atoms with van der Waals surface area (Å²) >= 11 is 0. The Balaban J connectivity index is 1.28. The molecule has 1 atom stereocenters. The van der Waals surface area contributed by atoms with Gasteiger partial charge in [0.05, 0.1) is 40.4 Å². The van der Waals surface area contributed by atoms with Gasteiger partial charge in [0.25, 0.3) is 11.8 Å². The molecule has 238 valence electrons. The van der Waals surface area contributed by atoms with Gasteiger partial charge in [0.15, 0.2) is 11.5 Å². The van der Waals surface area contributed by atoms with Gasteiger partial charge in [-0.1, -0.05) is 30.3 Å². The third-order valence-corrected chi connectivity index (χ3v) is 8.95. The highest BCUT2D eigenvalue weighted by molar-refractivity contribution is 6.15. The van der Waals surface area contributed by atoms with Crippen molar-refractivity contribution in [3.63, 3.8) is 0 Å². The summed E-state index contributed by atoms with van der Waals surface area (Å²) in [5, 5.41) is 9.95. The van der Waals surface area contributed by atoms with E-state index in [1.807, 2.05) is 52.8 Å². The number of aromatic nitrogens is 2. The van der Waals surface area contributed by atoms with Gasteiger partial charge < -0.3 is 23.9 Å². The number of phenols is 1. The number of rotatable bonds is 5. The molecule has 3 aromatic carbocycles. The highest BCUT2D eigenvalue weighted by Crippen LogP contribution is 2.42. The lowest BCUT2D eigenvalue weighted by atomic mass is 9.93. The summed E-state index contributed by atoms with van der Waals surface area (Å²) in [6, 6.07) is 26.1. The van der Waals surface area contributed by atoms with Gasteiger partial charge in [0.1, 0.15) is 11.6 Å². The lowest BCUT2D eigenvalue weighted by Gasteiger charge is -2.35. The molecule has 3 aromatic heterocycles. The number of ether oxygens (including phenoxy) is 2. The SMILES string of the molecule is C[C@@H]1Cc2ccccc2CN1C(=O)c1cc2c(cc1-c1cc(C(=O)N(c3ccc(O)cc3)c3cncc(F)c3)c3ccccn13)OCO2. The lowest BCUT2D eigenvalue weighted by Crippen LogP contribution is -2.42. The van der Waals surface area contributed by atoms with E-state index in [2.05, 4.69) is 17.1 Å². The number of phenolic OH excluding ortho intramolecular Hbond substituents is 1. The van der Waals surface area contributed by atoms with Gasteiger partial charge in [-0.3, -0.25) is 19.5 Å². The van der Waals surface area contributed by atoms with Crippen LogP contribution in [0.25, 0.3) is 16.8 Å². The monoisotopic (exact) mass is 640 g/mol. The maximum atomic E-state index is 14.6. The van der Waals surface area contributed by atoms with Crippen LogP contribution in [0.5, 0.6) is 17.2 Å². The number of carbonyl (C=O) groups is 2. The summed E-state index contributed by atoms with van der Waals surface area (Å²) in [5.41, 5.74) is 5.39. The molecule has 2 amide bonds. The van der Waals surface area contributed by atoms with E-state index in [0.717, 1.165) is 18.2 Å². The molecule has 0 radical (unpaired) electrons. The van der Waals surface area contributed by atoms with Crippen molar-refractivity contribution in [3.05, 3.63) is 138 Å². The summed E-state index contributed by atoms with van der Waals surface area (Å²) in [6.07, 6.45) is 5.03. The Bertz CT molecular complexity index is 2230. The normalized spacial score (nSPS) is 15.0. The Labute approximate surface area is 275 Å². The number of hydrogen-bond donors (Lipinski definition) is 1. The van der Waals surface area contributed by atoms with Crippen molar-refractivity contribution in [3.8, 4) is 28.5 Å². The molecule has 0 spiro atoms. The van der Waals surface area contributed by atoms with E-state index >= 15 is 0 Å². The number of carbonyl (C=O) groups excluding carboxylic acids is 2. The van der Waals surface area contributed by atoms with Crippen LogP contribution < -0.4 is 14.4 Å². The number of anilines is 2. The molecule has 9 nitrogen and oxygen atoms in total. The van der Waals surface area contributed by atoms with E-state index in [-0.39, 0.29) is 30.2 Å². The number of pyridine rings is 2. The second-order valence-electron chi connectivity index (χ2n) is 11.9. The van der Waals surface area contributed by atoms with Crippen molar-refractivity contribution in [2.45, 2.75) is 25.9 Å². The zero-order valence-corrected chi connectivity index (χ0v) is 25.8. The van der Waals surface area contributed by atoms with Crippen LogP contribution in [0.2, 0.25) is 0 Å². The summed E-state index contributed by atoms with van der Waals surface area (Å²) in [7, 11) is 0. The molecule has 0 aliphatic carbocycles. The third kappa shape index (κ3) is 4.98. The molecule has 10 heteroatoms. The largest absolute Gasteiger partial charge is 0.508 e. The first-order valence-electron chi connectivity index (χ1n) is 15.5. The molecule has 8 rings (SSSR count). The summed E-state index contributed by atoms with van der Waals surface area (Å²) in [5.74, 6) is -0.245. The molecule has 48 heavy (non-hydrogen) atoms. The van der Waals surface area contributed by atoms with Gasteiger partial charge in [-0.25, -0.2) is 4.39 Å². The molecule has 6 aromatic rings. The highest BCUT2D eigenvalue weighted by atomic mass is 19.1. The number of fused-ring (bicyclic) bond motifs is 3. The molecule has 2 aliphatic heterocycles. The Morgan fingerprint density at radius 2 is 1.62 bits per heavy atom. The zero-order valence-electron chi connectivity index (χ0n) is 25.8. The molecule has 5 heterocycles. The molecule has 0 saturated carbocycles. The van der Waals surface area contributed by atoms with Gasteiger partial charge in [-0.15, -0.1) is 0 Å². The van der Waals surface area contributed by atoms with Crippen LogP contribution in [0.3, 0.4) is 0 Å². The Kier molecular flexibility index (Phi) is 7.05. The van der Waals surface area contributed by atoms with Crippen molar-refractivity contribution >= 4 is 28.7 Å². The van der Waals surface area contributed by atoms with Gasteiger partial charge >= 0.3 is 0 Å². The molecule has 0 fully saturated rings. The van der Waals surface area contributed by atoms with Crippen molar-refractivity contribution in [1.82, 2.24) is 14.3 Å². The predicted molar refractivity (Wildman–Crippen MR) is 177 cm³/mol.